The summed E-state index contributed by atoms with van der Waals surface area (Å²) in [5.41, 5.74) is 5.51. The van der Waals surface area contributed by atoms with E-state index in [9.17, 15) is 14.7 Å². The van der Waals surface area contributed by atoms with Gasteiger partial charge in [0.05, 0.1) is 16.9 Å². The first kappa shape index (κ1) is 28.9. The predicted molar refractivity (Wildman–Crippen MR) is 174 cm³/mol. The Kier molecular flexibility index (Phi) is 8.25. The molecule has 5 aromatic rings. The molecular formula is C34H35N7O3. The van der Waals surface area contributed by atoms with Crippen LogP contribution in [0.15, 0.2) is 77.8 Å². The molecule has 224 valence electrons. The van der Waals surface area contributed by atoms with Crippen LogP contribution in [0.4, 0.5) is 17.1 Å². The van der Waals surface area contributed by atoms with Crippen LogP contribution in [0.5, 0.6) is 5.88 Å². The Labute approximate surface area is 255 Å². The second-order valence-electron chi connectivity index (χ2n) is 11.1. The molecule has 1 amide bonds. The average Bonchev–Trinajstić information content (AvgIpc) is 3.74. The van der Waals surface area contributed by atoms with E-state index in [2.05, 4.69) is 30.6 Å². The van der Waals surface area contributed by atoms with Gasteiger partial charge in [-0.1, -0.05) is 24.3 Å². The molecule has 0 atom stereocenters. The number of fused-ring (bicyclic) bond motifs is 1. The molecule has 0 spiro atoms. The summed E-state index contributed by atoms with van der Waals surface area (Å²) in [7, 11) is 1.71. The molecule has 1 saturated heterocycles. The number of likely N-dealkylation sites (tertiary alicyclic amines) is 1. The van der Waals surface area contributed by atoms with Crippen LogP contribution in [-0.4, -0.2) is 68.9 Å². The van der Waals surface area contributed by atoms with Gasteiger partial charge in [-0.15, -0.1) is 0 Å². The molecule has 3 heterocycles. The zero-order chi connectivity index (χ0) is 30.6. The molecule has 2 aromatic heterocycles. The predicted octanol–water partition coefficient (Wildman–Crippen LogP) is 5.66. The van der Waals surface area contributed by atoms with Crippen molar-refractivity contribution in [2.24, 2.45) is 12.0 Å². The minimum atomic E-state index is -0.310. The summed E-state index contributed by atoms with van der Waals surface area (Å²) in [4.78, 5) is 36.1. The van der Waals surface area contributed by atoms with Crippen molar-refractivity contribution in [3.05, 3.63) is 101 Å². The number of hydrogen-bond acceptors (Lipinski definition) is 7. The van der Waals surface area contributed by atoms with Crippen molar-refractivity contribution in [3.8, 4) is 5.88 Å². The quantitative estimate of drug-likeness (QED) is 0.123. The SMILES string of the molecule is Cc1cc(C(=O)Nc2cccc(C(=O)c3ccc4c(C=Nc5ccc(NCCN6CCCC6)cc5)c(O)[nH]c4c3)c2)n(C)n1. The molecule has 0 aliphatic carbocycles. The standard InChI is InChI=1S/C34H35N7O3/c1-22-18-31(40(2)39-22)34(44)37-27-7-5-6-23(19-27)32(42)24-8-13-28-29(33(43)38-30(28)20-24)21-36-26-11-9-25(10-12-26)35-14-17-41-15-3-4-16-41/h5-13,18-21,35,38,43H,3-4,14-17H2,1-2H3,(H,37,44). The highest BCUT2D eigenvalue weighted by molar-refractivity contribution is 6.13. The summed E-state index contributed by atoms with van der Waals surface area (Å²) in [6.45, 7) is 6.15. The number of rotatable bonds is 10. The number of benzene rings is 3. The zero-order valence-corrected chi connectivity index (χ0v) is 24.8. The second-order valence-corrected chi connectivity index (χ2v) is 11.1. The van der Waals surface area contributed by atoms with Crippen LogP contribution >= 0.6 is 0 Å². The van der Waals surface area contributed by atoms with Gasteiger partial charge in [0.15, 0.2) is 11.7 Å². The minimum absolute atomic E-state index is 0.0244. The van der Waals surface area contributed by atoms with E-state index >= 15 is 0 Å². The summed E-state index contributed by atoms with van der Waals surface area (Å²) in [6.07, 6.45) is 4.21. The highest BCUT2D eigenvalue weighted by Gasteiger charge is 2.16. The maximum atomic E-state index is 13.4. The first-order chi connectivity index (χ1) is 21.3. The molecule has 1 fully saturated rings. The lowest BCUT2D eigenvalue weighted by Gasteiger charge is -2.15. The largest absolute Gasteiger partial charge is 0.494 e. The van der Waals surface area contributed by atoms with Crippen LogP contribution in [0.2, 0.25) is 0 Å². The first-order valence-electron chi connectivity index (χ1n) is 14.8. The Bertz CT molecular complexity index is 1850. The fraction of sp³-hybridized carbons (Fsp3) is 0.235. The smallest absolute Gasteiger partial charge is 0.273 e. The van der Waals surface area contributed by atoms with E-state index < -0.39 is 0 Å². The number of aryl methyl sites for hydroxylation is 2. The lowest BCUT2D eigenvalue weighted by Crippen LogP contribution is -2.25. The van der Waals surface area contributed by atoms with Gasteiger partial charge in [0.2, 0.25) is 0 Å². The molecule has 0 radical (unpaired) electrons. The number of hydrogen-bond donors (Lipinski definition) is 4. The lowest BCUT2D eigenvalue weighted by atomic mass is 10.0. The molecule has 4 N–H and O–H groups in total. The molecule has 0 unspecified atom stereocenters. The Hall–Kier alpha value is -5.22. The van der Waals surface area contributed by atoms with Gasteiger partial charge in [0, 0.05) is 59.8 Å². The van der Waals surface area contributed by atoms with Crippen LogP contribution in [0, 0.1) is 6.92 Å². The Morgan fingerprint density at radius 1 is 1.00 bits per heavy atom. The van der Waals surface area contributed by atoms with E-state index in [0.717, 1.165) is 35.5 Å². The summed E-state index contributed by atoms with van der Waals surface area (Å²) in [5.74, 6) is -0.544. The number of aliphatic imine (C=N–C) groups is 1. The molecule has 10 heteroatoms. The number of anilines is 2. The highest BCUT2D eigenvalue weighted by atomic mass is 16.3. The van der Waals surface area contributed by atoms with Gasteiger partial charge >= 0.3 is 0 Å². The zero-order valence-electron chi connectivity index (χ0n) is 24.8. The van der Waals surface area contributed by atoms with E-state index in [1.165, 1.54) is 30.6 Å². The molecule has 44 heavy (non-hydrogen) atoms. The van der Waals surface area contributed by atoms with Gasteiger partial charge in [-0.2, -0.15) is 5.10 Å². The minimum Gasteiger partial charge on any atom is -0.494 e. The summed E-state index contributed by atoms with van der Waals surface area (Å²) < 4.78 is 1.52. The van der Waals surface area contributed by atoms with Crippen molar-refractivity contribution >= 4 is 45.9 Å². The third-order valence-electron chi connectivity index (χ3n) is 7.86. The second kappa shape index (κ2) is 12.6. The Morgan fingerprint density at radius 3 is 2.52 bits per heavy atom. The van der Waals surface area contributed by atoms with Gasteiger partial charge in [0.25, 0.3) is 5.91 Å². The summed E-state index contributed by atoms with van der Waals surface area (Å²) in [6, 6.07) is 21.6. The van der Waals surface area contributed by atoms with E-state index in [1.54, 1.807) is 61.8 Å². The fourth-order valence-corrected chi connectivity index (χ4v) is 5.57. The number of aromatic amines is 1. The van der Waals surface area contributed by atoms with Crippen LogP contribution in [0.25, 0.3) is 10.9 Å². The maximum Gasteiger partial charge on any atom is 0.273 e. The molecular weight excluding hydrogens is 554 g/mol. The molecule has 0 bridgehead atoms. The first-order valence-corrected chi connectivity index (χ1v) is 14.8. The van der Waals surface area contributed by atoms with Gasteiger partial charge < -0.3 is 25.6 Å². The monoisotopic (exact) mass is 589 g/mol. The van der Waals surface area contributed by atoms with Crippen molar-refractivity contribution in [2.75, 3.05) is 36.8 Å². The fourth-order valence-electron chi connectivity index (χ4n) is 5.57. The number of aromatic nitrogens is 3. The van der Waals surface area contributed by atoms with Gasteiger partial charge in [-0.3, -0.25) is 19.3 Å². The number of nitrogens with one attached hydrogen (secondary N) is 3. The van der Waals surface area contributed by atoms with Crippen molar-refractivity contribution < 1.29 is 14.7 Å². The van der Waals surface area contributed by atoms with Gasteiger partial charge in [-0.25, -0.2) is 0 Å². The average molecular weight is 590 g/mol. The molecule has 1 aliphatic heterocycles. The number of carbonyl (C=O) groups excluding carboxylic acids is 2. The highest BCUT2D eigenvalue weighted by Crippen LogP contribution is 2.28. The maximum absolute atomic E-state index is 13.4. The van der Waals surface area contributed by atoms with Gasteiger partial charge in [0.1, 0.15) is 5.69 Å². The normalized spacial score (nSPS) is 13.6. The number of carbonyl (C=O) groups is 2. The van der Waals surface area contributed by atoms with Crippen LogP contribution in [0.3, 0.4) is 0 Å². The molecule has 1 aliphatic rings. The van der Waals surface area contributed by atoms with Crippen LogP contribution in [-0.2, 0) is 7.05 Å². The Balaban J connectivity index is 1.12. The van der Waals surface area contributed by atoms with E-state index in [4.69, 9.17) is 0 Å². The number of ketones is 1. The number of H-pyrrole nitrogens is 1. The molecule has 0 saturated carbocycles. The van der Waals surface area contributed by atoms with Gasteiger partial charge in [-0.05, 0) is 81.4 Å². The van der Waals surface area contributed by atoms with E-state index in [-0.39, 0.29) is 17.6 Å². The van der Waals surface area contributed by atoms with Crippen LogP contribution < -0.4 is 10.6 Å². The summed E-state index contributed by atoms with van der Waals surface area (Å²) in [5, 5.41) is 21.9. The molecule has 6 rings (SSSR count). The van der Waals surface area contributed by atoms with Crippen molar-refractivity contribution in [2.45, 2.75) is 19.8 Å². The lowest BCUT2D eigenvalue weighted by molar-refractivity contribution is 0.101. The molecule has 10 nitrogen and oxygen atoms in total. The number of nitrogens with zero attached hydrogens (tertiary/aromatic N) is 4. The number of aromatic hydroxyl groups is 1. The van der Waals surface area contributed by atoms with Crippen molar-refractivity contribution in [1.29, 1.82) is 0 Å². The Morgan fingerprint density at radius 2 is 1.77 bits per heavy atom. The van der Waals surface area contributed by atoms with E-state index in [1.807, 2.05) is 31.2 Å². The van der Waals surface area contributed by atoms with Crippen molar-refractivity contribution in [3.63, 3.8) is 0 Å². The molecule has 3 aromatic carbocycles. The third-order valence-corrected chi connectivity index (χ3v) is 7.86. The number of amides is 1. The topological polar surface area (TPSA) is 128 Å². The van der Waals surface area contributed by atoms with E-state index in [0.29, 0.717) is 33.6 Å². The summed E-state index contributed by atoms with van der Waals surface area (Å²) >= 11 is 0. The van der Waals surface area contributed by atoms with Crippen molar-refractivity contribution in [1.82, 2.24) is 19.7 Å². The third kappa shape index (κ3) is 6.40. The van der Waals surface area contributed by atoms with Crippen LogP contribution in [0.1, 0.15) is 50.5 Å².